The minimum Gasteiger partial charge on any atom is -0.495 e. The number of sulfonamides is 1. The Hall–Kier alpha value is -2.91. The van der Waals surface area contributed by atoms with Crippen molar-refractivity contribution in [3.8, 4) is 5.75 Å². The predicted octanol–water partition coefficient (Wildman–Crippen LogP) is 1.53. The van der Waals surface area contributed by atoms with Crippen LogP contribution in [0.2, 0.25) is 0 Å². The van der Waals surface area contributed by atoms with Gasteiger partial charge in [-0.2, -0.15) is 4.31 Å². The molecular weight excluding hydrogens is 406 g/mol. The fourth-order valence-corrected chi connectivity index (χ4v) is 4.91. The van der Waals surface area contributed by atoms with Crippen LogP contribution in [0.15, 0.2) is 53.4 Å². The molecule has 1 fully saturated rings. The van der Waals surface area contributed by atoms with Gasteiger partial charge in [0, 0.05) is 25.2 Å². The van der Waals surface area contributed by atoms with Crippen molar-refractivity contribution >= 4 is 21.8 Å². The third-order valence-corrected chi connectivity index (χ3v) is 6.77. The lowest BCUT2D eigenvalue weighted by molar-refractivity contribution is -0.120. The molecule has 30 heavy (non-hydrogen) atoms. The van der Waals surface area contributed by atoms with Gasteiger partial charge in [0.1, 0.15) is 10.6 Å². The van der Waals surface area contributed by atoms with Crippen molar-refractivity contribution in [3.63, 3.8) is 0 Å². The van der Waals surface area contributed by atoms with Crippen LogP contribution in [-0.2, 0) is 21.4 Å². The topological polar surface area (TPSA) is 105 Å². The molecule has 0 saturated carbocycles. The summed E-state index contributed by atoms with van der Waals surface area (Å²) >= 11 is 0. The zero-order valence-electron chi connectivity index (χ0n) is 16.8. The Morgan fingerprint density at radius 1 is 1.03 bits per heavy atom. The highest BCUT2D eigenvalue weighted by Gasteiger charge is 2.30. The minimum atomic E-state index is -3.76. The summed E-state index contributed by atoms with van der Waals surface area (Å²) in [6.07, 6.45) is 1.61. The highest BCUT2D eigenvalue weighted by Crippen LogP contribution is 2.29. The number of carbonyl (C=O) groups excluding carboxylic acids is 2. The van der Waals surface area contributed by atoms with Crippen LogP contribution in [0.3, 0.4) is 0 Å². The molecule has 0 bridgehead atoms. The van der Waals surface area contributed by atoms with E-state index < -0.39 is 15.9 Å². The lowest BCUT2D eigenvalue weighted by atomic mass is 10.2. The Bertz CT molecular complexity index is 1000. The van der Waals surface area contributed by atoms with Crippen LogP contribution in [0, 0.1) is 0 Å². The van der Waals surface area contributed by atoms with Crippen LogP contribution >= 0.6 is 0 Å². The molecule has 2 aromatic rings. The molecule has 160 valence electrons. The molecule has 1 heterocycles. The van der Waals surface area contributed by atoms with Crippen LogP contribution in [-0.4, -0.2) is 51.3 Å². The molecule has 0 radical (unpaired) electrons. The first kappa shape index (κ1) is 21.8. The summed E-state index contributed by atoms with van der Waals surface area (Å²) in [5, 5.41) is 5.24. The maximum absolute atomic E-state index is 12.9. The molecule has 1 saturated heterocycles. The average Bonchev–Trinajstić information content (AvgIpc) is 3.32. The lowest BCUT2D eigenvalue weighted by Crippen LogP contribution is -2.36. The molecule has 8 nitrogen and oxygen atoms in total. The largest absolute Gasteiger partial charge is 0.495 e. The Morgan fingerprint density at radius 2 is 1.73 bits per heavy atom. The molecule has 0 atom stereocenters. The van der Waals surface area contributed by atoms with Crippen LogP contribution < -0.4 is 15.4 Å². The van der Waals surface area contributed by atoms with Crippen molar-refractivity contribution in [2.45, 2.75) is 24.3 Å². The first-order valence-electron chi connectivity index (χ1n) is 9.69. The Balaban J connectivity index is 1.65. The van der Waals surface area contributed by atoms with E-state index in [-0.39, 0.29) is 28.7 Å². The van der Waals surface area contributed by atoms with Gasteiger partial charge in [0.15, 0.2) is 0 Å². The van der Waals surface area contributed by atoms with Gasteiger partial charge in [0.05, 0.1) is 13.7 Å². The molecule has 0 aliphatic carbocycles. The maximum atomic E-state index is 12.9. The van der Waals surface area contributed by atoms with Crippen molar-refractivity contribution in [3.05, 3.63) is 59.7 Å². The summed E-state index contributed by atoms with van der Waals surface area (Å²) in [6, 6.07) is 13.6. The first-order valence-corrected chi connectivity index (χ1v) is 11.1. The van der Waals surface area contributed by atoms with Gasteiger partial charge in [-0.05, 0) is 36.6 Å². The van der Waals surface area contributed by atoms with Crippen LogP contribution in [0.25, 0.3) is 0 Å². The molecule has 0 aromatic heterocycles. The van der Waals surface area contributed by atoms with E-state index >= 15 is 0 Å². The maximum Gasteiger partial charge on any atom is 0.251 e. The molecule has 2 N–H and O–H groups in total. The molecular formula is C21H25N3O5S. The number of methoxy groups -OCH3 is 1. The second kappa shape index (κ2) is 9.73. The van der Waals surface area contributed by atoms with E-state index in [2.05, 4.69) is 10.6 Å². The lowest BCUT2D eigenvalue weighted by Gasteiger charge is -2.18. The monoisotopic (exact) mass is 431 g/mol. The van der Waals surface area contributed by atoms with Crippen molar-refractivity contribution in [2.24, 2.45) is 0 Å². The Kier molecular flexibility index (Phi) is 7.07. The molecule has 3 rings (SSSR count). The average molecular weight is 432 g/mol. The number of nitrogens with zero attached hydrogens (tertiary/aromatic N) is 1. The summed E-state index contributed by atoms with van der Waals surface area (Å²) in [6.45, 7) is 1.04. The zero-order valence-corrected chi connectivity index (χ0v) is 17.6. The number of hydrogen-bond acceptors (Lipinski definition) is 5. The van der Waals surface area contributed by atoms with Crippen molar-refractivity contribution < 1.29 is 22.7 Å². The molecule has 2 aromatic carbocycles. The van der Waals surface area contributed by atoms with Gasteiger partial charge >= 0.3 is 0 Å². The standard InChI is InChI=1S/C21H25N3O5S/c1-29-18-10-9-17(13-19(18)30(27,28)24-11-5-6-12-24)21(26)23-15-20(25)22-14-16-7-3-2-4-8-16/h2-4,7-10,13H,5-6,11-12,14-15H2,1H3,(H,22,25)(H,23,26). The molecule has 0 unspecified atom stereocenters. The number of nitrogens with one attached hydrogen (secondary N) is 2. The molecule has 0 spiro atoms. The van der Waals surface area contributed by atoms with Crippen LogP contribution in [0.1, 0.15) is 28.8 Å². The SMILES string of the molecule is COc1ccc(C(=O)NCC(=O)NCc2ccccc2)cc1S(=O)(=O)N1CCCC1. The van der Waals surface area contributed by atoms with E-state index in [0.29, 0.717) is 19.6 Å². The van der Waals surface area contributed by atoms with Crippen molar-refractivity contribution in [1.82, 2.24) is 14.9 Å². The molecule has 9 heteroatoms. The Morgan fingerprint density at radius 3 is 2.40 bits per heavy atom. The number of rotatable bonds is 8. The van der Waals surface area contributed by atoms with Gasteiger partial charge in [-0.1, -0.05) is 30.3 Å². The quantitative estimate of drug-likeness (QED) is 0.660. The number of hydrogen-bond donors (Lipinski definition) is 2. The van der Waals surface area contributed by atoms with Crippen LogP contribution in [0.5, 0.6) is 5.75 Å². The highest BCUT2D eigenvalue weighted by atomic mass is 32.2. The minimum absolute atomic E-state index is 0.0481. The second-order valence-electron chi connectivity index (χ2n) is 6.92. The van der Waals surface area contributed by atoms with Crippen molar-refractivity contribution in [2.75, 3.05) is 26.7 Å². The third-order valence-electron chi connectivity index (χ3n) is 4.85. The summed E-state index contributed by atoms with van der Waals surface area (Å²) in [5.41, 5.74) is 1.09. The molecule has 2 amide bonds. The van der Waals surface area contributed by atoms with Gasteiger partial charge in [0.25, 0.3) is 5.91 Å². The first-order chi connectivity index (χ1) is 14.4. The van der Waals surface area contributed by atoms with Crippen molar-refractivity contribution in [1.29, 1.82) is 0 Å². The molecule has 1 aliphatic heterocycles. The summed E-state index contributed by atoms with van der Waals surface area (Å²) in [5.74, 6) is -0.699. The smallest absolute Gasteiger partial charge is 0.251 e. The normalized spacial score (nSPS) is 14.3. The van der Waals surface area contributed by atoms with E-state index in [4.69, 9.17) is 4.74 Å². The number of ether oxygens (including phenoxy) is 1. The van der Waals surface area contributed by atoms with Crippen LogP contribution in [0.4, 0.5) is 0 Å². The summed E-state index contributed by atoms with van der Waals surface area (Å²) < 4.78 is 32.4. The van der Waals surface area contributed by atoms with E-state index in [1.807, 2.05) is 30.3 Å². The third kappa shape index (κ3) is 5.17. The van der Waals surface area contributed by atoms with Gasteiger partial charge in [0.2, 0.25) is 15.9 Å². The van der Waals surface area contributed by atoms with Gasteiger partial charge in [-0.25, -0.2) is 8.42 Å². The van der Waals surface area contributed by atoms with Gasteiger partial charge in [-0.15, -0.1) is 0 Å². The number of carbonyl (C=O) groups is 2. The fraction of sp³-hybridized carbons (Fsp3) is 0.333. The predicted molar refractivity (Wildman–Crippen MR) is 112 cm³/mol. The fourth-order valence-electron chi connectivity index (χ4n) is 3.21. The Labute approximate surface area is 176 Å². The summed E-state index contributed by atoms with van der Waals surface area (Å²) in [4.78, 5) is 24.4. The number of benzene rings is 2. The summed E-state index contributed by atoms with van der Waals surface area (Å²) in [7, 11) is -2.37. The van der Waals surface area contributed by atoms with E-state index in [1.165, 1.54) is 29.6 Å². The van der Waals surface area contributed by atoms with E-state index in [1.54, 1.807) is 0 Å². The number of amides is 2. The van der Waals surface area contributed by atoms with E-state index in [9.17, 15) is 18.0 Å². The highest BCUT2D eigenvalue weighted by molar-refractivity contribution is 7.89. The van der Waals surface area contributed by atoms with E-state index in [0.717, 1.165) is 18.4 Å². The zero-order chi connectivity index (χ0) is 21.6. The van der Waals surface area contributed by atoms with Gasteiger partial charge in [-0.3, -0.25) is 9.59 Å². The van der Waals surface area contributed by atoms with Gasteiger partial charge < -0.3 is 15.4 Å². The molecule has 1 aliphatic rings. The second-order valence-corrected chi connectivity index (χ2v) is 8.83.